The van der Waals surface area contributed by atoms with E-state index in [1.165, 1.54) is 5.56 Å². The van der Waals surface area contributed by atoms with Crippen molar-refractivity contribution < 1.29 is 9.90 Å². The van der Waals surface area contributed by atoms with Gasteiger partial charge in [0.1, 0.15) is 0 Å². The zero-order valence-corrected chi connectivity index (χ0v) is 13.0. The Morgan fingerprint density at radius 1 is 1.33 bits per heavy atom. The molecule has 1 aliphatic heterocycles. The number of aliphatic carboxylic acids is 1. The highest BCUT2D eigenvalue weighted by molar-refractivity contribution is 7.09. The van der Waals surface area contributed by atoms with Crippen LogP contribution in [0.3, 0.4) is 0 Å². The van der Waals surface area contributed by atoms with Gasteiger partial charge < -0.3 is 5.11 Å². The van der Waals surface area contributed by atoms with Crippen LogP contribution in [-0.4, -0.2) is 34.0 Å². The molecule has 0 aliphatic carbocycles. The molecular formula is C15H17ClN2O2S. The standard InChI is InChI=1S/C15H16N2O2S.ClH/c18-15(19)13-10-17(8-11-4-2-1-3-5-11)9-12(13)14-16-6-7-20-14;/h1-7,12-13H,8-10H2,(H,18,19);1H/t12-,13-;/m1./s1. The van der Waals surface area contributed by atoms with E-state index in [0.29, 0.717) is 6.54 Å². The van der Waals surface area contributed by atoms with Crippen LogP contribution in [0, 0.1) is 5.92 Å². The predicted molar refractivity (Wildman–Crippen MR) is 84.9 cm³/mol. The van der Waals surface area contributed by atoms with E-state index in [1.54, 1.807) is 17.5 Å². The van der Waals surface area contributed by atoms with Crippen molar-refractivity contribution in [3.8, 4) is 0 Å². The molecule has 21 heavy (non-hydrogen) atoms. The largest absolute Gasteiger partial charge is 0.481 e. The highest BCUT2D eigenvalue weighted by Gasteiger charge is 2.39. The summed E-state index contributed by atoms with van der Waals surface area (Å²) < 4.78 is 0. The Kier molecular flexibility index (Phi) is 5.33. The SMILES string of the molecule is Cl.O=C(O)[C@@H]1CN(Cc2ccccc2)C[C@H]1c1nccs1. The number of nitrogens with zero attached hydrogens (tertiary/aromatic N) is 2. The Bertz CT molecular complexity index is 577. The molecule has 2 aromatic rings. The van der Waals surface area contributed by atoms with Crippen molar-refractivity contribution in [2.24, 2.45) is 5.92 Å². The predicted octanol–water partition coefficient (Wildman–Crippen LogP) is 2.87. The third-order valence-corrected chi connectivity index (χ3v) is 4.64. The highest BCUT2D eigenvalue weighted by Crippen LogP contribution is 2.34. The number of hydrogen-bond acceptors (Lipinski definition) is 4. The monoisotopic (exact) mass is 324 g/mol. The van der Waals surface area contributed by atoms with E-state index in [0.717, 1.165) is 18.1 Å². The van der Waals surface area contributed by atoms with Gasteiger partial charge in [0, 0.05) is 37.1 Å². The first-order valence-electron chi connectivity index (χ1n) is 6.62. The molecule has 0 unspecified atom stereocenters. The van der Waals surface area contributed by atoms with E-state index in [1.807, 2.05) is 23.6 Å². The Balaban J connectivity index is 0.00000161. The topological polar surface area (TPSA) is 53.4 Å². The average Bonchev–Trinajstić information content (AvgIpc) is 3.08. The fourth-order valence-corrected chi connectivity index (χ4v) is 3.57. The van der Waals surface area contributed by atoms with Crippen LogP contribution < -0.4 is 0 Å². The molecule has 2 atom stereocenters. The summed E-state index contributed by atoms with van der Waals surface area (Å²) in [6.45, 7) is 2.15. The lowest BCUT2D eigenvalue weighted by molar-refractivity contribution is -0.141. The lowest BCUT2D eigenvalue weighted by atomic mass is 9.97. The molecule has 0 radical (unpaired) electrons. The van der Waals surface area contributed by atoms with Crippen LogP contribution in [-0.2, 0) is 11.3 Å². The van der Waals surface area contributed by atoms with Gasteiger partial charge >= 0.3 is 5.97 Å². The molecule has 0 saturated carbocycles. The third kappa shape index (κ3) is 3.61. The molecule has 6 heteroatoms. The first kappa shape index (κ1) is 15.9. The highest BCUT2D eigenvalue weighted by atomic mass is 35.5. The molecule has 1 aliphatic rings. The van der Waals surface area contributed by atoms with Gasteiger partial charge in [-0.05, 0) is 5.56 Å². The van der Waals surface area contributed by atoms with Crippen molar-refractivity contribution >= 4 is 29.7 Å². The van der Waals surface area contributed by atoms with Crippen LogP contribution >= 0.6 is 23.7 Å². The maximum atomic E-state index is 11.5. The summed E-state index contributed by atoms with van der Waals surface area (Å²) in [7, 11) is 0. The van der Waals surface area contributed by atoms with Crippen LogP contribution in [0.1, 0.15) is 16.5 Å². The second-order valence-corrected chi connectivity index (χ2v) is 6.03. The Hall–Kier alpha value is -1.43. The first-order valence-corrected chi connectivity index (χ1v) is 7.50. The maximum absolute atomic E-state index is 11.5. The lowest BCUT2D eigenvalue weighted by Crippen LogP contribution is -2.23. The second kappa shape index (κ2) is 7.02. The molecule has 2 heterocycles. The normalized spacial score (nSPS) is 21.9. The zero-order valence-electron chi connectivity index (χ0n) is 11.4. The van der Waals surface area contributed by atoms with E-state index < -0.39 is 5.97 Å². The number of likely N-dealkylation sites (tertiary alicyclic amines) is 1. The number of benzene rings is 1. The summed E-state index contributed by atoms with van der Waals surface area (Å²) in [5.74, 6) is -1.07. The van der Waals surface area contributed by atoms with Crippen molar-refractivity contribution in [3.05, 3.63) is 52.5 Å². The Morgan fingerprint density at radius 3 is 2.71 bits per heavy atom. The minimum absolute atomic E-state index is 0. The number of carboxylic acid groups (broad SMARTS) is 1. The summed E-state index contributed by atoms with van der Waals surface area (Å²) in [5.41, 5.74) is 1.22. The fraction of sp³-hybridized carbons (Fsp3) is 0.333. The molecule has 1 aromatic carbocycles. The summed E-state index contributed by atoms with van der Waals surface area (Å²) in [6, 6.07) is 10.2. The molecule has 1 fully saturated rings. The molecular weight excluding hydrogens is 308 g/mol. The molecule has 1 saturated heterocycles. The van der Waals surface area contributed by atoms with Crippen molar-refractivity contribution in [1.82, 2.24) is 9.88 Å². The number of hydrogen-bond donors (Lipinski definition) is 1. The van der Waals surface area contributed by atoms with Gasteiger partial charge in [-0.2, -0.15) is 0 Å². The number of aromatic nitrogens is 1. The molecule has 0 spiro atoms. The molecule has 1 aromatic heterocycles. The quantitative estimate of drug-likeness (QED) is 0.939. The molecule has 4 nitrogen and oxygen atoms in total. The molecule has 0 bridgehead atoms. The molecule has 0 amide bonds. The van der Waals surface area contributed by atoms with Crippen LogP contribution in [0.4, 0.5) is 0 Å². The first-order chi connectivity index (χ1) is 9.74. The summed E-state index contributed by atoms with van der Waals surface area (Å²) >= 11 is 1.55. The van der Waals surface area contributed by atoms with Crippen LogP contribution in [0.5, 0.6) is 0 Å². The summed E-state index contributed by atoms with van der Waals surface area (Å²) in [4.78, 5) is 18.0. The number of thiazole rings is 1. The summed E-state index contributed by atoms with van der Waals surface area (Å²) in [6.07, 6.45) is 1.75. The molecule has 3 rings (SSSR count). The van der Waals surface area contributed by atoms with Crippen LogP contribution in [0.25, 0.3) is 0 Å². The van der Waals surface area contributed by atoms with Gasteiger partial charge in [-0.25, -0.2) is 4.98 Å². The van der Waals surface area contributed by atoms with Crippen LogP contribution in [0.2, 0.25) is 0 Å². The van der Waals surface area contributed by atoms with Crippen LogP contribution in [0.15, 0.2) is 41.9 Å². The smallest absolute Gasteiger partial charge is 0.308 e. The van der Waals surface area contributed by atoms with E-state index in [-0.39, 0.29) is 24.2 Å². The average molecular weight is 325 g/mol. The van der Waals surface area contributed by atoms with Crippen molar-refractivity contribution in [1.29, 1.82) is 0 Å². The third-order valence-electron chi connectivity index (χ3n) is 3.73. The number of carboxylic acids is 1. The summed E-state index contributed by atoms with van der Waals surface area (Å²) in [5, 5.41) is 12.3. The van der Waals surface area contributed by atoms with Crippen molar-refractivity contribution in [3.63, 3.8) is 0 Å². The van der Waals surface area contributed by atoms with Gasteiger partial charge in [-0.3, -0.25) is 9.69 Å². The Labute approximate surface area is 133 Å². The van der Waals surface area contributed by atoms with Gasteiger partial charge in [0.05, 0.1) is 10.9 Å². The number of halogens is 1. The zero-order chi connectivity index (χ0) is 13.9. The van der Waals surface area contributed by atoms with E-state index in [2.05, 4.69) is 22.0 Å². The van der Waals surface area contributed by atoms with Gasteiger partial charge in [0.15, 0.2) is 0 Å². The van der Waals surface area contributed by atoms with E-state index in [9.17, 15) is 9.90 Å². The Morgan fingerprint density at radius 2 is 2.10 bits per heavy atom. The van der Waals surface area contributed by atoms with Gasteiger partial charge in [0.2, 0.25) is 0 Å². The minimum Gasteiger partial charge on any atom is -0.481 e. The lowest BCUT2D eigenvalue weighted by Gasteiger charge is -2.15. The second-order valence-electron chi connectivity index (χ2n) is 5.10. The fourth-order valence-electron chi connectivity index (χ4n) is 2.77. The minimum atomic E-state index is -0.722. The van der Waals surface area contributed by atoms with Gasteiger partial charge in [-0.1, -0.05) is 30.3 Å². The van der Waals surface area contributed by atoms with E-state index in [4.69, 9.17) is 0 Å². The van der Waals surface area contributed by atoms with Crippen molar-refractivity contribution in [2.75, 3.05) is 13.1 Å². The van der Waals surface area contributed by atoms with E-state index >= 15 is 0 Å². The van der Waals surface area contributed by atoms with Crippen molar-refractivity contribution in [2.45, 2.75) is 12.5 Å². The molecule has 1 N–H and O–H groups in total. The van der Waals surface area contributed by atoms with Gasteiger partial charge in [-0.15, -0.1) is 23.7 Å². The number of rotatable bonds is 4. The van der Waals surface area contributed by atoms with Gasteiger partial charge in [0.25, 0.3) is 0 Å². The number of carbonyl (C=O) groups is 1. The molecule has 112 valence electrons. The maximum Gasteiger partial charge on any atom is 0.308 e.